The molecule has 0 aromatic heterocycles. The topological polar surface area (TPSA) is 57.6 Å². The average molecular weight is 517 g/mol. The molecule has 2 aliphatic rings. The fraction of sp³-hybridized carbons (Fsp3) is 0.333. The quantitative estimate of drug-likeness (QED) is 0.446. The van der Waals surface area contributed by atoms with E-state index in [4.69, 9.17) is 9.47 Å². The first-order valence-corrected chi connectivity index (χ1v) is 12.9. The van der Waals surface area contributed by atoms with Gasteiger partial charge in [-0.3, -0.25) is 14.6 Å². The molecule has 0 radical (unpaired) electrons. The molecule has 1 atom stereocenters. The van der Waals surface area contributed by atoms with Crippen LogP contribution in [0, 0.1) is 5.82 Å². The summed E-state index contributed by atoms with van der Waals surface area (Å²) in [7, 11) is 3.19. The van der Waals surface area contributed by atoms with E-state index in [1.165, 1.54) is 16.6 Å². The van der Waals surface area contributed by atoms with Crippen LogP contribution >= 0.6 is 0 Å². The van der Waals surface area contributed by atoms with Crippen LogP contribution < -0.4 is 9.47 Å². The summed E-state index contributed by atoms with van der Waals surface area (Å²) in [5, 5.41) is 6.18. The number of benzene rings is 3. The molecule has 0 saturated carbocycles. The van der Waals surface area contributed by atoms with Crippen molar-refractivity contribution >= 4 is 11.6 Å². The molecule has 5 rings (SSSR count). The van der Waals surface area contributed by atoms with Crippen LogP contribution in [0.1, 0.15) is 29.2 Å². The van der Waals surface area contributed by atoms with Crippen molar-refractivity contribution in [2.45, 2.75) is 19.0 Å². The van der Waals surface area contributed by atoms with Crippen LogP contribution in [0.3, 0.4) is 0 Å². The SMILES string of the molecule is COc1ccc(C2CC(c3ccccc3F)=NN2C(=O)CN2CCN(Cc3ccccc3)CC2)c(OC)c1. The highest BCUT2D eigenvalue weighted by Gasteiger charge is 2.36. The molecule has 2 heterocycles. The third-order valence-electron chi connectivity index (χ3n) is 7.22. The van der Waals surface area contributed by atoms with Crippen LogP contribution in [0.15, 0.2) is 77.9 Å². The first-order chi connectivity index (χ1) is 18.6. The minimum atomic E-state index is -0.405. The van der Waals surface area contributed by atoms with Gasteiger partial charge in [0.1, 0.15) is 17.3 Å². The first-order valence-electron chi connectivity index (χ1n) is 12.9. The smallest absolute Gasteiger partial charge is 0.257 e. The molecule has 1 unspecified atom stereocenters. The number of carbonyl (C=O) groups excluding carboxylic acids is 1. The number of halogens is 1. The van der Waals surface area contributed by atoms with Gasteiger partial charge in [-0.2, -0.15) is 5.10 Å². The summed E-state index contributed by atoms with van der Waals surface area (Å²) in [5.74, 6) is 0.794. The zero-order valence-electron chi connectivity index (χ0n) is 21.8. The molecule has 8 heteroatoms. The fourth-order valence-electron chi connectivity index (χ4n) is 5.15. The molecule has 0 aliphatic carbocycles. The molecular weight excluding hydrogens is 483 g/mol. The van der Waals surface area contributed by atoms with Gasteiger partial charge in [-0.15, -0.1) is 0 Å². The van der Waals surface area contributed by atoms with E-state index in [1.54, 1.807) is 38.5 Å². The number of hydrogen-bond acceptors (Lipinski definition) is 6. The minimum Gasteiger partial charge on any atom is -0.497 e. The van der Waals surface area contributed by atoms with E-state index in [0.29, 0.717) is 29.2 Å². The van der Waals surface area contributed by atoms with E-state index in [1.807, 2.05) is 18.2 Å². The molecule has 1 amide bonds. The Bertz CT molecular complexity index is 1290. The molecule has 1 fully saturated rings. The van der Waals surface area contributed by atoms with Gasteiger partial charge in [0, 0.05) is 56.3 Å². The maximum atomic E-state index is 14.7. The highest BCUT2D eigenvalue weighted by atomic mass is 19.1. The van der Waals surface area contributed by atoms with E-state index < -0.39 is 6.04 Å². The average Bonchev–Trinajstić information content (AvgIpc) is 3.40. The standard InChI is InChI=1S/C30H33FN4O3/c1-37-23-12-13-25(29(18-23)38-2)28-19-27(24-10-6-7-11-26(24)31)32-35(28)30(36)21-34-16-14-33(15-17-34)20-22-8-4-3-5-9-22/h3-13,18,28H,14-17,19-21H2,1-2H3. The highest BCUT2D eigenvalue weighted by Crippen LogP contribution is 2.39. The molecule has 7 nitrogen and oxygen atoms in total. The van der Waals surface area contributed by atoms with Crippen LogP contribution in [-0.2, 0) is 11.3 Å². The Balaban J connectivity index is 1.33. The second-order valence-corrected chi connectivity index (χ2v) is 9.63. The molecule has 3 aromatic carbocycles. The third-order valence-corrected chi connectivity index (χ3v) is 7.22. The summed E-state index contributed by atoms with van der Waals surface area (Å²) in [6.45, 7) is 4.54. The van der Waals surface area contributed by atoms with E-state index in [9.17, 15) is 9.18 Å². The monoisotopic (exact) mass is 516 g/mol. The molecule has 2 aliphatic heterocycles. The van der Waals surface area contributed by atoms with Gasteiger partial charge in [0.25, 0.3) is 5.91 Å². The summed E-state index contributed by atoms with van der Waals surface area (Å²) in [5.41, 5.74) is 3.06. The highest BCUT2D eigenvalue weighted by molar-refractivity contribution is 6.03. The number of rotatable bonds is 8. The lowest BCUT2D eigenvalue weighted by Gasteiger charge is -2.35. The van der Waals surface area contributed by atoms with Crippen molar-refractivity contribution in [3.63, 3.8) is 0 Å². The van der Waals surface area contributed by atoms with Crippen molar-refractivity contribution < 1.29 is 18.7 Å². The molecule has 0 N–H and O–H groups in total. The lowest BCUT2D eigenvalue weighted by Crippen LogP contribution is -2.49. The van der Waals surface area contributed by atoms with Crippen LogP contribution in [0.4, 0.5) is 4.39 Å². The second-order valence-electron chi connectivity index (χ2n) is 9.63. The van der Waals surface area contributed by atoms with Gasteiger partial charge in [-0.25, -0.2) is 9.40 Å². The third kappa shape index (κ3) is 5.71. The largest absolute Gasteiger partial charge is 0.497 e. The number of hydrogen-bond donors (Lipinski definition) is 0. The molecule has 198 valence electrons. The van der Waals surface area contributed by atoms with Crippen molar-refractivity contribution in [1.29, 1.82) is 0 Å². The number of hydrazone groups is 1. The number of carbonyl (C=O) groups is 1. The van der Waals surface area contributed by atoms with Gasteiger partial charge in [0.05, 0.1) is 32.5 Å². The van der Waals surface area contributed by atoms with Gasteiger partial charge in [-0.1, -0.05) is 48.5 Å². The van der Waals surface area contributed by atoms with Crippen LogP contribution in [-0.4, -0.2) is 73.4 Å². The molecule has 38 heavy (non-hydrogen) atoms. The van der Waals surface area contributed by atoms with Gasteiger partial charge < -0.3 is 9.47 Å². The Morgan fingerprint density at radius 3 is 2.34 bits per heavy atom. The summed E-state index contributed by atoms with van der Waals surface area (Å²) >= 11 is 0. The number of ether oxygens (including phenoxy) is 2. The van der Waals surface area contributed by atoms with Crippen molar-refractivity contribution in [1.82, 2.24) is 14.8 Å². The summed E-state index contributed by atoms with van der Waals surface area (Å²) in [4.78, 5) is 18.2. The van der Waals surface area contributed by atoms with Crippen LogP contribution in [0.5, 0.6) is 11.5 Å². The summed E-state index contributed by atoms with van der Waals surface area (Å²) < 4.78 is 25.7. The van der Waals surface area contributed by atoms with Crippen molar-refractivity contribution in [3.05, 3.63) is 95.3 Å². The minimum absolute atomic E-state index is 0.115. The molecular formula is C30H33FN4O3. The zero-order chi connectivity index (χ0) is 26.5. The number of piperazine rings is 1. The van der Waals surface area contributed by atoms with Gasteiger partial charge in [-0.05, 0) is 23.8 Å². The van der Waals surface area contributed by atoms with E-state index in [2.05, 4.69) is 39.2 Å². The van der Waals surface area contributed by atoms with Gasteiger partial charge in [0.15, 0.2) is 0 Å². The fourth-order valence-corrected chi connectivity index (χ4v) is 5.15. The number of methoxy groups -OCH3 is 2. The van der Waals surface area contributed by atoms with Crippen LogP contribution in [0.2, 0.25) is 0 Å². The molecule has 0 spiro atoms. The van der Waals surface area contributed by atoms with Crippen molar-refractivity contribution in [3.8, 4) is 11.5 Å². The molecule has 0 bridgehead atoms. The van der Waals surface area contributed by atoms with Crippen molar-refractivity contribution in [2.24, 2.45) is 5.10 Å². The summed E-state index contributed by atoms with van der Waals surface area (Å²) in [6.07, 6.45) is 0.389. The Morgan fingerprint density at radius 2 is 1.63 bits per heavy atom. The maximum absolute atomic E-state index is 14.7. The number of amides is 1. The second kappa shape index (κ2) is 11.8. The lowest BCUT2D eigenvalue weighted by atomic mass is 9.97. The predicted octanol–water partition coefficient (Wildman–Crippen LogP) is 4.34. The Hall–Kier alpha value is -3.75. The van der Waals surface area contributed by atoms with Gasteiger partial charge >= 0.3 is 0 Å². The molecule has 3 aromatic rings. The van der Waals surface area contributed by atoms with E-state index in [0.717, 1.165) is 38.3 Å². The lowest BCUT2D eigenvalue weighted by molar-refractivity contribution is -0.134. The van der Waals surface area contributed by atoms with Crippen molar-refractivity contribution in [2.75, 3.05) is 46.9 Å². The normalized spacial score (nSPS) is 18.3. The van der Waals surface area contributed by atoms with Gasteiger partial charge in [0.2, 0.25) is 0 Å². The molecule has 1 saturated heterocycles. The predicted molar refractivity (Wildman–Crippen MR) is 145 cm³/mol. The maximum Gasteiger partial charge on any atom is 0.257 e. The summed E-state index contributed by atoms with van der Waals surface area (Å²) in [6, 6.07) is 22.1. The number of nitrogens with zero attached hydrogens (tertiary/aromatic N) is 4. The van der Waals surface area contributed by atoms with Crippen LogP contribution in [0.25, 0.3) is 0 Å². The first kappa shape index (κ1) is 25.9. The zero-order valence-corrected chi connectivity index (χ0v) is 21.8. The van der Waals surface area contributed by atoms with E-state index >= 15 is 0 Å². The Labute approximate surface area is 223 Å². The Kier molecular flexibility index (Phi) is 8.00. The Morgan fingerprint density at radius 1 is 0.921 bits per heavy atom. The van der Waals surface area contributed by atoms with E-state index in [-0.39, 0.29) is 18.3 Å².